The summed E-state index contributed by atoms with van der Waals surface area (Å²) in [5.74, 6) is 0.0493. The lowest BCUT2D eigenvalue weighted by molar-refractivity contribution is 0.0523. The van der Waals surface area contributed by atoms with Gasteiger partial charge in [0.1, 0.15) is 5.69 Å². The van der Waals surface area contributed by atoms with Crippen molar-refractivity contribution < 1.29 is 9.90 Å². The number of nitrogens with one attached hydrogen (secondary N) is 1. The van der Waals surface area contributed by atoms with Gasteiger partial charge in [-0.05, 0) is 17.7 Å². The van der Waals surface area contributed by atoms with Crippen molar-refractivity contribution in [3.8, 4) is 0 Å². The van der Waals surface area contributed by atoms with E-state index in [1.807, 2.05) is 41.3 Å². The van der Waals surface area contributed by atoms with Gasteiger partial charge in [0, 0.05) is 38.9 Å². The average Bonchev–Trinajstić information content (AvgIpc) is 3.10. The van der Waals surface area contributed by atoms with Crippen molar-refractivity contribution >= 4 is 5.91 Å². The Bertz CT molecular complexity index is 590. The highest BCUT2D eigenvalue weighted by atomic mass is 16.3. The monoisotopic (exact) mass is 299 g/mol. The quantitative estimate of drug-likeness (QED) is 0.899. The summed E-state index contributed by atoms with van der Waals surface area (Å²) in [6, 6.07) is 13.3. The standard InChI is InChI=1S/C17H21N3O2/c21-16(14-5-2-1-3-6-14)13-19-9-11-20(12-10-19)17(22)15-7-4-8-18-15/h1-8,16,18,21H,9-13H2. The van der Waals surface area contributed by atoms with Gasteiger partial charge >= 0.3 is 0 Å². The predicted molar refractivity (Wildman–Crippen MR) is 84.5 cm³/mol. The molecule has 2 heterocycles. The van der Waals surface area contributed by atoms with Crippen molar-refractivity contribution in [1.29, 1.82) is 0 Å². The Morgan fingerprint density at radius 3 is 2.45 bits per heavy atom. The molecular weight excluding hydrogens is 278 g/mol. The van der Waals surface area contributed by atoms with Gasteiger partial charge in [-0.3, -0.25) is 9.69 Å². The zero-order valence-corrected chi connectivity index (χ0v) is 12.5. The third-order valence-corrected chi connectivity index (χ3v) is 4.10. The summed E-state index contributed by atoms with van der Waals surface area (Å²) >= 11 is 0. The van der Waals surface area contributed by atoms with Crippen LogP contribution in [0.5, 0.6) is 0 Å². The van der Waals surface area contributed by atoms with Crippen LogP contribution in [0, 0.1) is 0 Å². The minimum atomic E-state index is -0.480. The second-order valence-electron chi connectivity index (χ2n) is 5.60. The normalized spacial score (nSPS) is 17.4. The number of aliphatic hydroxyl groups excluding tert-OH is 1. The highest BCUT2D eigenvalue weighted by molar-refractivity contribution is 5.92. The Morgan fingerprint density at radius 1 is 1.09 bits per heavy atom. The lowest BCUT2D eigenvalue weighted by Crippen LogP contribution is -2.49. The van der Waals surface area contributed by atoms with E-state index in [4.69, 9.17) is 0 Å². The second-order valence-corrected chi connectivity index (χ2v) is 5.60. The first-order valence-corrected chi connectivity index (χ1v) is 7.62. The van der Waals surface area contributed by atoms with Gasteiger partial charge in [-0.1, -0.05) is 30.3 Å². The highest BCUT2D eigenvalue weighted by Gasteiger charge is 2.23. The molecule has 5 heteroatoms. The third kappa shape index (κ3) is 3.37. The molecule has 1 aromatic carbocycles. The van der Waals surface area contributed by atoms with E-state index < -0.39 is 6.10 Å². The van der Waals surface area contributed by atoms with Gasteiger partial charge in [-0.25, -0.2) is 0 Å². The summed E-state index contributed by atoms with van der Waals surface area (Å²) in [6.45, 7) is 3.57. The van der Waals surface area contributed by atoms with Crippen LogP contribution in [0.25, 0.3) is 0 Å². The number of H-pyrrole nitrogens is 1. The van der Waals surface area contributed by atoms with Gasteiger partial charge in [0.25, 0.3) is 5.91 Å². The fourth-order valence-corrected chi connectivity index (χ4v) is 2.79. The van der Waals surface area contributed by atoms with E-state index in [9.17, 15) is 9.90 Å². The zero-order valence-electron chi connectivity index (χ0n) is 12.5. The Hall–Kier alpha value is -2.11. The number of aliphatic hydroxyl groups is 1. The molecule has 116 valence electrons. The maximum absolute atomic E-state index is 12.2. The minimum Gasteiger partial charge on any atom is -0.387 e. The van der Waals surface area contributed by atoms with E-state index in [0.717, 1.165) is 18.7 Å². The molecule has 0 spiro atoms. The van der Waals surface area contributed by atoms with Crippen LogP contribution in [-0.2, 0) is 0 Å². The number of β-amino-alcohol motifs (C(OH)–C–C–N with tert-alkyl or cyclic N) is 1. The number of aromatic nitrogens is 1. The first-order chi connectivity index (χ1) is 10.7. The molecule has 1 aliphatic rings. The molecule has 0 saturated carbocycles. The van der Waals surface area contributed by atoms with Crippen LogP contribution in [0.2, 0.25) is 0 Å². The molecule has 2 N–H and O–H groups in total. The molecule has 5 nitrogen and oxygen atoms in total. The van der Waals surface area contributed by atoms with E-state index in [1.54, 1.807) is 12.3 Å². The molecule has 1 aromatic heterocycles. The van der Waals surface area contributed by atoms with Crippen molar-refractivity contribution in [3.05, 3.63) is 59.9 Å². The fraction of sp³-hybridized carbons (Fsp3) is 0.353. The van der Waals surface area contributed by atoms with Crippen LogP contribution in [-0.4, -0.2) is 58.5 Å². The van der Waals surface area contributed by atoms with Gasteiger partial charge < -0.3 is 15.0 Å². The Labute approximate surface area is 130 Å². The Kier molecular flexibility index (Phi) is 4.56. The number of piperazine rings is 1. The highest BCUT2D eigenvalue weighted by Crippen LogP contribution is 2.15. The van der Waals surface area contributed by atoms with Gasteiger partial charge in [0.15, 0.2) is 0 Å². The summed E-state index contributed by atoms with van der Waals surface area (Å²) in [4.78, 5) is 19.3. The number of carbonyl (C=O) groups is 1. The van der Waals surface area contributed by atoms with Gasteiger partial charge in [-0.2, -0.15) is 0 Å². The second kappa shape index (κ2) is 6.77. The molecule has 1 saturated heterocycles. The third-order valence-electron chi connectivity index (χ3n) is 4.10. The van der Waals surface area contributed by atoms with E-state index in [2.05, 4.69) is 9.88 Å². The SMILES string of the molecule is O=C(c1ccc[nH]1)N1CCN(CC(O)c2ccccc2)CC1. The average molecular weight is 299 g/mol. The molecule has 3 rings (SSSR count). The number of aromatic amines is 1. The van der Waals surface area contributed by atoms with Gasteiger partial charge in [0.2, 0.25) is 0 Å². The van der Waals surface area contributed by atoms with E-state index >= 15 is 0 Å². The van der Waals surface area contributed by atoms with Crippen LogP contribution in [0.15, 0.2) is 48.7 Å². The van der Waals surface area contributed by atoms with Gasteiger partial charge in [-0.15, -0.1) is 0 Å². The van der Waals surface area contributed by atoms with Crippen LogP contribution in [0.1, 0.15) is 22.2 Å². The first kappa shape index (κ1) is 14.8. The molecule has 0 radical (unpaired) electrons. The Balaban J connectivity index is 1.51. The molecule has 1 unspecified atom stereocenters. The Morgan fingerprint density at radius 2 is 1.82 bits per heavy atom. The molecule has 0 bridgehead atoms. The zero-order chi connectivity index (χ0) is 15.4. The topological polar surface area (TPSA) is 59.6 Å². The number of rotatable bonds is 4. The van der Waals surface area contributed by atoms with Crippen molar-refractivity contribution in [2.75, 3.05) is 32.7 Å². The number of amides is 1. The summed E-state index contributed by atoms with van der Waals surface area (Å²) in [5, 5.41) is 10.3. The van der Waals surface area contributed by atoms with Crippen LogP contribution in [0.4, 0.5) is 0 Å². The van der Waals surface area contributed by atoms with Crippen LogP contribution in [0.3, 0.4) is 0 Å². The first-order valence-electron chi connectivity index (χ1n) is 7.62. The molecular formula is C17H21N3O2. The number of hydrogen-bond donors (Lipinski definition) is 2. The molecule has 1 aliphatic heterocycles. The van der Waals surface area contributed by atoms with Crippen LogP contribution < -0.4 is 0 Å². The van der Waals surface area contributed by atoms with Crippen LogP contribution >= 0.6 is 0 Å². The smallest absolute Gasteiger partial charge is 0.270 e. The van der Waals surface area contributed by atoms with Crippen molar-refractivity contribution in [3.63, 3.8) is 0 Å². The molecule has 2 aromatic rings. The predicted octanol–water partition coefficient (Wildman–Crippen LogP) is 1.51. The lowest BCUT2D eigenvalue weighted by Gasteiger charge is -2.35. The van der Waals surface area contributed by atoms with Gasteiger partial charge in [0.05, 0.1) is 6.10 Å². The largest absolute Gasteiger partial charge is 0.387 e. The molecule has 1 atom stereocenters. The maximum Gasteiger partial charge on any atom is 0.270 e. The summed E-state index contributed by atoms with van der Waals surface area (Å²) in [6.07, 6.45) is 1.28. The fourth-order valence-electron chi connectivity index (χ4n) is 2.79. The van der Waals surface area contributed by atoms with Crippen molar-refractivity contribution in [2.24, 2.45) is 0 Å². The summed E-state index contributed by atoms with van der Waals surface area (Å²) in [7, 11) is 0. The summed E-state index contributed by atoms with van der Waals surface area (Å²) in [5.41, 5.74) is 1.57. The maximum atomic E-state index is 12.2. The molecule has 1 amide bonds. The van der Waals surface area contributed by atoms with E-state index in [0.29, 0.717) is 25.3 Å². The van der Waals surface area contributed by atoms with E-state index in [-0.39, 0.29) is 5.91 Å². The lowest BCUT2D eigenvalue weighted by atomic mass is 10.1. The molecule has 22 heavy (non-hydrogen) atoms. The van der Waals surface area contributed by atoms with Crippen molar-refractivity contribution in [1.82, 2.24) is 14.8 Å². The number of carbonyl (C=O) groups excluding carboxylic acids is 1. The number of nitrogens with zero attached hydrogens (tertiary/aromatic N) is 2. The molecule has 1 fully saturated rings. The van der Waals surface area contributed by atoms with E-state index in [1.165, 1.54) is 0 Å². The minimum absolute atomic E-state index is 0.0493. The number of hydrogen-bond acceptors (Lipinski definition) is 3. The summed E-state index contributed by atoms with van der Waals surface area (Å²) < 4.78 is 0. The number of benzene rings is 1. The molecule has 0 aliphatic carbocycles. The van der Waals surface area contributed by atoms with Crippen molar-refractivity contribution in [2.45, 2.75) is 6.10 Å².